The number of nitrogens with one attached hydrogen (secondary N) is 1. The van der Waals surface area contributed by atoms with Gasteiger partial charge in [0.15, 0.2) is 0 Å². The van der Waals surface area contributed by atoms with Crippen molar-refractivity contribution in [1.29, 1.82) is 0 Å². The Morgan fingerprint density at radius 1 is 0.810 bits per heavy atom. The quantitative estimate of drug-likeness (QED) is 0.863. The molecule has 0 aromatic heterocycles. The zero-order valence-electron chi connectivity index (χ0n) is 11.4. The number of anilines is 1. The maximum absolute atomic E-state index is 11.9. The zero-order chi connectivity index (χ0) is 14.5. The summed E-state index contributed by atoms with van der Waals surface area (Å²) in [4.78, 5) is 16.3. The molecule has 0 fully saturated rings. The van der Waals surface area contributed by atoms with Crippen molar-refractivity contribution in [3.63, 3.8) is 0 Å². The van der Waals surface area contributed by atoms with E-state index in [1.54, 1.807) is 12.2 Å². The molecular formula is C18H14N2O. The Kier molecular flexibility index (Phi) is 3.74. The molecule has 0 amide bonds. The van der Waals surface area contributed by atoms with Crippen LogP contribution >= 0.6 is 0 Å². The second kappa shape index (κ2) is 6.01. The molecule has 3 nitrogen and oxygen atoms in total. The fraction of sp³-hybridized carbons (Fsp3) is 0. The molecule has 0 spiro atoms. The minimum absolute atomic E-state index is 0.0857. The Morgan fingerprint density at radius 3 is 2.19 bits per heavy atom. The van der Waals surface area contributed by atoms with Crippen LogP contribution in [-0.4, -0.2) is 11.5 Å². The molecule has 1 aliphatic carbocycles. The third-order valence-electron chi connectivity index (χ3n) is 3.03. The van der Waals surface area contributed by atoms with E-state index in [0.29, 0.717) is 5.71 Å². The van der Waals surface area contributed by atoms with Crippen LogP contribution in [0.4, 0.5) is 11.4 Å². The fourth-order valence-corrected chi connectivity index (χ4v) is 2.01. The smallest absolute Gasteiger partial charge is 0.204 e. The topological polar surface area (TPSA) is 41.5 Å². The second-order valence-electron chi connectivity index (χ2n) is 4.62. The van der Waals surface area contributed by atoms with Crippen LogP contribution in [0, 0.1) is 0 Å². The van der Waals surface area contributed by atoms with Crippen molar-refractivity contribution < 1.29 is 4.79 Å². The van der Waals surface area contributed by atoms with Crippen molar-refractivity contribution >= 4 is 22.9 Å². The first-order valence-corrected chi connectivity index (χ1v) is 6.71. The summed E-state index contributed by atoms with van der Waals surface area (Å²) in [5.74, 6) is -0.0857. The molecule has 2 aromatic rings. The van der Waals surface area contributed by atoms with Crippen molar-refractivity contribution in [1.82, 2.24) is 0 Å². The number of carbonyl (C=O) groups excluding carboxylic acids is 1. The van der Waals surface area contributed by atoms with Gasteiger partial charge in [0.25, 0.3) is 0 Å². The summed E-state index contributed by atoms with van der Waals surface area (Å²) in [7, 11) is 0. The van der Waals surface area contributed by atoms with Crippen LogP contribution < -0.4 is 5.32 Å². The molecule has 3 rings (SSSR count). The van der Waals surface area contributed by atoms with Crippen molar-refractivity contribution in [3.8, 4) is 0 Å². The number of benzene rings is 2. The van der Waals surface area contributed by atoms with Crippen molar-refractivity contribution in [3.05, 3.63) is 84.6 Å². The first-order valence-electron chi connectivity index (χ1n) is 6.71. The molecule has 0 saturated heterocycles. The lowest BCUT2D eigenvalue weighted by molar-refractivity contribution is -0.108. The minimum atomic E-state index is -0.0857. The first-order chi connectivity index (χ1) is 10.3. The lowest BCUT2D eigenvalue weighted by Gasteiger charge is -2.11. The van der Waals surface area contributed by atoms with E-state index in [2.05, 4.69) is 10.3 Å². The highest BCUT2D eigenvalue weighted by Gasteiger charge is 2.12. The lowest BCUT2D eigenvalue weighted by atomic mass is 10.1. The average Bonchev–Trinajstić information content (AvgIpc) is 2.53. The fourth-order valence-electron chi connectivity index (χ4n) is 2.01. The molecule has 0 bridgehead atoms. The maximum Gasteiger partial charge on any atom is 0.204 e. The summed E-state index contributed by atoms with van der Waals surface area (Å²) in [6, 6.07) is 19.3. The summed E-state index contributed by atoms with van der Waals surface area (Å²) in [6.45, 7) is 0. The van der Waals surface area contributed by atoms with E-state index >= 15 is 0 Å². The molecule has 1 aliphatic rings. The number of nitrogens with zero attached hydrogens (tertiary/aromatic N) is 1. The van der Waals surface area contributed by atoms with Crippen LogP contribution in [0.3, 0.4) is 0 Å². The van der Waals surface area contributed by atoms with Gasteiger partial charge in [-0.05, 0) is 42.5 Å². The van der Waals surface area contributed by atoms with E-state index in [9.17, 15) is 4.79 Å². The molecule has 0 unspecified atom stereocenters. The van der Waals surface area contributed by atoms with Gasteiger partial charge in [-0.25, -0.2) is 4.99 Å². The van der Waals surface area contributed by atoms with Crippen molar-refractivity contribution in [2.24, 2.45) is 4.99 Å². The van der Waals surface area contributed by atoms with Gasteiger partial charge < -0.3 is 5.32 Å². The van der Waals surface area contributed by atoms with Crippen LogP contribution in [0.15, 0.2) is 89.6 Å². The number of hydrogen-bond acceptors (Lipinski definition) is 3. The van der Waals surface area contributed by atoms with Crippen LogP contribution in [0.1, 0.15) is 0 Å². The van der Waals surface area contributed by atoms with Crippen LogP contribution in [0.5, 0.6) is 0 Å². The Bertz CT molecular complexity index is 728. The maximum atomic E-state index is 11.9. The summed E-state index contributed by atoms with van der Waals surface area (Å²) in [6.07, 6.45) is 5.06. The molecule has 21 heavy (non-hydrogen) atoms. The highest BCUT2D eigenvalue weighted by molar-refractivity contribution is 6.49. The average molecular weight is 274 g/mol. The van der Waals surface area contributed by atoms with Gasteiger partial charge in [-0.15, -0.1) is 0 Å². The van der Waals surface area contributed by atoms with Gasteiger partial charge in [0.2, 0.25) is 5.78 Å². The summed E-state index contributed by atoms with van der Waals surface area (Å²) >= 11 is 0. The van der Waals surface area contributed by atoms with Gasteiger partial charge in [-0.2, -0.15) is 0 Å². The van der Waals surface area contributed by atoms with Gasteiger partial charge in [0, 0.05) is 11.4 Å². The molecule has 0 aliphatic heterocycles. The predicted molar refractivity (Wildman–Crippen MR) is 85.8 cm³/mol. The molecular weight excluding hydrogens is 260 g/mol. The molecule has 0 saturated carbocycles. The number of para-hydroxylation sites is 2. The number of ketones is 1. The Morgan fingerprint density at radius 2 is 1.48 bits per heavy atom. The van der Waals surface area contributed by atoms with E-state index in [4.69, 9.17) is 0 Å². The van der Waals surface area contributed by atoms with Crippen LogP contribution in [0.25, 0.3) is 0 Å². The zero-order valence-corrected chi connectivity index (χ0v) is 11.4. The second-order valence-corrected chi connectivity index (χ2v) is 4.62. The number of rotatable bonds is 3. The van der Waals surface area contributed by atoms with E-state index in [1.807, 2.05) is 60.7 Å². The number of allylic oxidation sites excluding steroid dienone is 3. The molecule has 3 heteroatoms. The normalized spacial score (nSPS) is 15.9. The summed E-state index contributed by atoms with van der Waals surface area (Å²) in [5.41, 5.74) is 3.02. The highest BCUT2D eigenvalue weighted by atomic mass is 16.1. The number of carbonyl (C=O) groups is 1. The molecule has 0 heterocycles. The lowest BCUT2D eigenvalue weighted by Crippen LogP contribution is -2.15. The van der Waals surface area contributed by atoms with Gasteiger partial charge in [-0.3, -0.25) is 4.79 Å². The van der Waals surface area contributed by atoms with E-state index in [0.717, 1.165) is 17.1 Å². The van der Waals surface area contributed by atoms with Crippen LogP contribution in [0.2, 0.25) is 0 Å². The molecule has 1 N–H and O–H groups in total. The van der Waals surface area contributed by atoms with Crippen LogP contribution in [-0.2, 0) is 4.79 Å². The Hall–Kier alpha value is -2.94. The van der Waals surface area contributed by atoms with E-state index in [1.165, 1.54) is 6.08 Å². The molecule has 2 aromatic carbocycles. The first kappa shape index (κ1) is 13.1. The molecule has 0 atom stereocenters. The standard InChI is InChI=1S/C18H14N2O/c21-18-12-11-16(19-14-7-3-1-4-8-14)13-17(18)20-15-9-5-2-6-10-15/h1-13,19H. The van der Waals surface area contributed by atoms with Gasteiger partial charge in [-0.1, -0.05) is 36.4 Å². The van der Waals surface area contributed by atoms with Gasteiger partial charge >= 0.3 is 0 Å². The summed E-state index contributed by atoms with van der Waals surface area (Å²) in [5, 5.41) is 3.26. The molecule has 0 radical (unpaired) electrons. The third-order valence-corrected chi connectivity index (χ3v) is 3.03. The van der Waals surface area contributed by atoms with Gasteiger partial charge in [0.05, 0.1) is 5.69 Å². The molecule has 102 valence electrons. The summed E-state index contributed by atoms with van der Waals surface area (Å²) < 4.78 is 0. The predicted octanol–water partition coefficient (Wildman–Crippen LogP) is 3.89. The van der Waals surface area contributed by atoms with Gasteiger partial charge in [0.1, 0.15) is 5.71 Å². The van der Waals surface area contributed by atoms with E-state index in [-0.39, 0.29) is 5.78 Å². The van der Waals surface area contributed by atoms with Crippen molar-refractivity contribution in [2.45, 2.75) is 0 Å². The Labute approximate surface area is 123 Å². The SMILES string of the molecule is O=C1C=CC(Nc2ccccc2)=CC1=Nc1ccccc1. The minimum Gasteiger partial charge on any atom is -0.355 e. The third kappa shape index (κ3) is 3.34. The van der Waals surface area contributed by atoms with E-state index < -0.39 is 0 Å². The highest BCUT2D eigenvalue weighted by Crippen LogP contribution is 2.16. The Balaban J connectivity index is 1.86. The number of aliphatic imine (C=N–C) groups is 1. The largest absolute Gasteiger partial charge is 0.355 e. The van der Waals surface area contributed by atoms with Crippen molar-refractivity contribution in [2.75, 3.05) is 5.32 Å². The number of hydrogen-bond donors (Lipinski definition) is 1. The monoisotopic (exact) mass is 274 g/mol.